The first kappa shape index (κ1) is 30.0. The number of anilines is 5. The molecule has 0 saturated carbocycles. The molecule has 0 aliphatic carbocycles. The lowest BCUT2D eigenvalue weighted by Crippen LogP contribution is -2.46. The van der Waals surface area contributed by atoms with E-state index in [1.807, 2.05) is 25.2 Å². The van der Waals surface area contributed by atoms with Gasteiger partial charge in [-0.2, -0.15) is 4.98 Å². The summed E-state index contributed by atoms with van der Waals surface area (Å²) < 4.78 is 18.2. The first-order valence-corrected chi connectivity index (χ1v) is 15.9. The number of hydrogen-bond donors (Lipinski definition) is 3. The fourth-order valence-electron chi connectivity index (χ4n) is 4.16. The first-order valence-electron chi connectivity index (χ1n) is 12.9. The Bertz CT molecular complexity index is 1500. The number of nitrogens with one attached hydrogen (secondary N) is 3. The van der Waals surface area contributed by atoms with Crippen molar-refractivity contribution in [2.24, 2.45) is 0 Å². The fourth-order valence-corrected chi connectivity index (χ4v) is 5.45. The predicted molar refractivity (Wildman–Crippen MR) is 164 cm³/mol. The van der Waals surface area contributed by atoms with Crippen LogP contribution in [0.3, 0.4) is 0 Å². The van der Waals surface area contributed by atoms with Crippen molar-refractivity contribution in [2.45, 2.75) is 0 Å². The van der Waals surface area contributed by atoms with E-state index in [2.05, 4.69) is 30.8 Å². The van der Waals surface area contributed by atoms with E-state index in [0.29, 0.717) is 47.0 Å². The smallest absolute Gasteiger partial charge is 0.248 e. The normalized spacial score (nSPS) is 14.1. The van der Waals surface area contributed by atoms with Crippen LogP contribution in [0.1, 0.15) is 0 Å². The van der Waals surface area contributed by atoms with Crippen molar-refractivity contribution in [3.8, 4) is 5.75 Å². The van der Waals surface area contributed by atoms with Crippen LogP contribution in [-0.4, -0.2) is 85.2 Å². The average molecular weight is 598 g/mol. The summed E-state index contributed by atoms with van der Waals surface area (Å²) in [7, 11) is 0.963. The van der Waals surface area contributed by atoms with Gasteiger partial charge in [-0.15, -0.1) is 0 Å². The van der Waals surface area contributed by atoms with Crippen LogP contribution in [0.15, 0.2) is 60.8 Å². The van der Waals surface area contributed by atoms with Crippen LogP contribution in [-0.2, 0) is 14.2 Å². The first-order chi connectivity index (χ1) is 19.5. The average Bonchev–Trinajstić information content (AvgIpc) is 2.94. The molecule has 41 heavy (non-hydrogen) atoms. The molecule has 2 aromatic carbocycles. The zero-order valence-electron chi connectivity index (χ0n) is 23.3. The lowest BCUT2D eigenvalue weighted by molar-refractivity contribution is -0.127. The predicted octanol–water partition coefficient (Wildman–Crippen LogP) is 4.14. The van der Waals surface area contributed by atoms with Crippen molar-refractivity contribution in [3.63, 3.8) is 0 Å². The summed E-state index contributed by atoms with van der Waals surface area (Å²) in [5, 5.41) is 9.97. The number of piperazine rings is 1. The molecule has 2 amide bonds. The Morgan fingerprint density at radius 2 is 1.76 bits per heavy atom. The van der Waals surface area contributed by atoms with E-state index in [1.165, 1.54) is 25.5 Å². The summed E-state index contributed by atoms with van der Waals surface area (Å²) in [6.45, 7) is 6.25. The van der Waals surface area contributed by atoms with Gasteiger partial charge >= 0.3 is 0 Å². The number of carbonyl (C=O) groups excluding carboxylic acids is 2. The zero-order chi connectivity index (χ0) is 29.6. The van der Waals surface area contributed by atoms with Crippen molar-refractivity contribution >= 4 is 64.7 Å². The second-order valence-electron chi connectivity index (χ2n) is 9.87. The Balaban J connectivity index is 1.48. The van der Waals surface area contributed by atoms with E-state index < -0.39 is 13.0 Å². The Labute approximate surface area is 244 Å². The quantitative estimate of drug-likeness (QED) is 0.246. The van der Waals surface area contributed by atoms with Crippen LogP contribution >= 0.6 is 18.7 Å². The van der Waals surface area contributed by atoms with Gasteiger partial charge in [0.05, 0.1) is 24.7 Å². The van der Waals surface area contributed by atoms with Crippen molar-refractivity contribution in [3.05, 3.63) is 65.8 Å². The van der Waals surface area contributed by atoms with Crippen molar-refractivity contribution < 1.29 is 18.9 Å². The number of benzene rings is 2. The van der Waals surface area contributed by atoms with Gasteiger partial charge in [0.1, 0.15) is 17.9 Å². The number of likely N-dealkylation sites (N-methyl/N-ethyl adjacent to an activating group) is 1. The Morgan fingerprint density at radius 3 is 2.46 bits per heavy atom. The summed E-state index contributed by atoms with van der Waals surface area (Å²) in [6.07, 6.45) is 3.95. The highest BCUT2D eigenvalue weighted by atomic mass is 35.5. The third kappa shape index (κ3) is 8.07. The summed E-state index contributed by atoms with van der Waals surface area (Å²) in [5.41, 5.74) is 1.59. The largest absolute Gasteiger partial charge is 0.495 e. The molecule has 0 bridgehead atoms. The monoisotopic (exact) mass is 597 g/mol. The number of rotatable bonds is 9. The minimum Gasteiger partial charge on any atom is -0.495 e. The summed E-state index contributed by atoms with van der Waals surface area (Å²) in [4.78, 5) is 37.6. The number of para-hydroxylation sites is 1. The van der Waals surface area contributed by atoms with Gasteiger partial charge in [0.2, 0.25) is 17.8 Å². The second-order valence-corrected chi connectivity index (χ2v) is 13.5. The molecule has 4 rings (SSSR count). The molecular weight excluding hydrogens is 565 g/mol. The van der Waals surface area contributed by atoms with E-state index in [1.54, 1.807) is 42.5 Å². The molecule has 0 atom stereocenters. The minimum absolute atomic E-state index is 0.196. The SMILES string of the molecule is COc1ccc(NC(=O)C=CC(=O)N2CCN(C)CC2)cc1Nc1ncc(Cl)c(Nc2ccccc2P(C)(C)=O)n1. The molecular formula is C28H33ClN7O4P. The number of hydrogen-bond acceptors (Lipinski definition) is 9. The number of halogens is 1. The van der Waals surface area contributed by atoms with Gasteiger partial charge in [-0.3, -0.25) is 9.59 Å². The number of carbonyl (C=O) groups is 2. The van der Waals surface area contributed by atoms with E-state index in [9.17, 15) is 14.2 Å². The highest BCUT2D eigenvalue weighted by molar-refractivity contribution is 7.70. The van der Waals surface area contributed by atoms with Gasteiger partial charge in [0.15, 0.2) is 5.82 Å². The summed E-state index contributed by atoms with van der Waals surface area (Å²) >= 11 is 6.37. The molecule has 1 aliphatic heterocycles. The number of nitrogens with zero attached hydrogens (tertiary/aromatic N) is 4. The second kappa shape index (κ2) is 13.2. The van der Waals surface area contributed by atoms with Crippen LogP contribution in [0.2, 0.25) is 5.02 Å². The third-order valence-corrected chi connectivity index (χ3v) is 8.21. The lowest BCUT2D eigenvalue weighted by Gasteiger charge is -2.31. The van der Waals surface area contributed by atoms with E-state index in [4.69, 9.17) is 16.3 Å². The molecule has 11 nitrogen and oxygen atoms in total. The van der Waals surface area contributed by atoms with Gasteiger partial charge in [-0.1, -0.05) is 23.7 Å². The molecule has 0 radical (unpaired) electrons. The Hall–Kier alpha value is -3.92. The fraction of sp³-hybridized carbons (Fsp3) is 0.286. The topological polar surface area (TPSA) is 129 Å². The number of aromatic nitrogens is 2. The molecule has 13 heteroatoms. The molecule has 1 saturated heterocycles. The molecule has 3 N–H and O–H groups in total. The van der Waals surface area contributed by atoms with Gasteiger partial charge in [0, 0.05) is 49.3 Å². The molecule has 1 aliphatic rings. The minimum atomic E-state index is -2.57. The maximum Gasteiger partial charge on any atom is 0.248 e. The van der Waals surface area contributed by atoms with Crippen molar-refractivity contribution in [1.82, 2.24) is 19.8 Å². The van der Waals surface area contributed by atoms with Crippen molar-refractivity contribution in [2.75, 3.05) is 69.6 Å². The van der Waals surface area contributed by atoms with E-state index >= 15 is 0 Å². The maximum atomic E-state index is 12.8. The van der Waals surface area contributed by atoms with E-state index in [0.717, 1.165) is 13.1 Å². The summed E-state index contributed by atoms with van der Waals surface area (Å²) in [6, 6.07) is 12.3. The maximum absolute atomic E-state index is 12.8. The van der Waals surface area contributed by atoms with Gasteiger partial charge in [-0.05, 0) is 50.7 Å². The van der Waals surface area contributed by atoms with Crippen LogP contribution in [0.4, 0.5) is 28.8 Å². The highest BCUT2D eigenvalue weighted by Gasteiger charge is 2.19. The molecule has 216 valence electrons. The van der Waals surface area contributed by atoms with Gasteiger partial charge < -0.3 is 35.1 Å². The Morgan fingerprint density at radius 1 is 1.02 bits per heavy atom. The number of amides is 2. The molecule has 1 fully saturated rings. The highest BCUT2D eigenvalue weighted by Crippen LogP contribution is 2.39. The zero-order valence-corrected chi connectivity index (χ0v) is 25.0. The van der Waals surface area contributed by atoms with Crippen LogP contribution in [0.5, 0.6) is 5.75 Å². The third-order valence-electron chi connectivity index (χ3n) is 6.39. The lowest BCUT2D eigenvalue weighted by atomic mass is 10.2. The van der Waals surface area contributed by atoms with Gasteiger partial charge in [-0.25, -0.2) is 4.98 Å². The number of methoxy groups -OCH3 is 1. The molecule has 3 aromatic rings. The Kier molecular flexibility index (Phi) is 9.65. The summed E-state index contributed by atoms with van der Waals surface area (Å²) in [5.74, 6) is 0.382. The molecule has 0 unspecified atom stereocenters. The van der Waals surface area contributed by atoms with E-state index in [-0.39, 0.29) is 16.9 Å². The standard InChI is InChI=1S/C28H33ClN7O4P/c1-35-13-15-36(16-14-35)26(38)12-11-25(37)31-19-9-10-23(40-2)22(17-19)33-28-30-18-20(29)27(34-28)32-21-7-5-6-8-24(21)41(3,4)39/h5-12,17-18H,13-16H2,1-4H3,(H,31,37)(H2,30,32,33,34). The molecule has 2 heterocycles. The molecule has 0 spiro atoms. The van der Waals surface area contributed by atoms with Crippen LogP contribution in [0, 0.1) is 0 Å². The number of ether oxygens (including phenoxy) is 1. The molecule has 1 aromatic heterocycles. The van der Waals surface area contributed by atoms with Crippen molar-refractivity contribution in [1.29, 1.82) is 0 Å². The van der Waals surface area contributed by atoms with Crippen LogP contribution in [0.25, 0.3) is 0 Å². The van der Waals surface area contributed by atoms with Crippen LogP contribution < -0.4 is 26.0 Å². The van der Waals surface area contributed by atoms with Gasteiger partial charge in [0.25, 0.3) is 0 Å².